The highest BCUT2D eigenvalue weighted by atomic mass is 32.1. The molecule has 0 radical (unpaired) electrons. The number of rotatable bonds is 7. The fourth-order valence-corrected chi connectivity index (χ4v) is 3.68. The molecule has 29 heavy (non-hydrogen) atoms. The van der Waals surface area contributed by atoms with Gasteiger partial charge >= 0.3 is 5.97 Å². The molecule has 6 nitrogen and oxygen atoms in total. The summed E-state index contributed by atoms with van der Waals surface area (Å²) >= 11 is 0.897. The number of hydrogen-bond donors (Lipinski definition) is 0. The smallest absolute Gasteiger partial charge is 0.333 e. The average Bonchev–Trinajstić information content (AvgIpc) is 2.95. The minimum Gasteiger partial charge on any atom is -0.463 e. The molecule has 9 heteroatoms. The number of hydrogen-bond acceptors (Lipinski definition) is 5. The van der Waals surface area contributed by atoms with Crippen molar-refractivity contribution < 1.29 is 23.1 Å². The number of ether oxygens (including phenoxy) is 1. The molecule has 0 aliphatic rings. The topological polar surface area (TPSA) is 68.6 Å². The van der Waals surface area contributed by atoms with Crippen molar-refractivity contribution in [2.75, 3.05) is 19.7 Å². The van der Waals surface area contributed by atoms with Gasteiger partial charge in [0.1, 0.15) is 11.2 Å². The fraction of sp³-hybridized carbons (Fsp3) is 0.350. The summed E-state index contributed by atoms with van der Waals surface area (Å²) in [6, 6.07) is 3.63. The number of carbonyl (C=O) groups is 2. The lowest BCUT2D eigenvalue weighted by atomic mass is 10.2. The quantitative estimate of drug-likeness (QED) is 0.627. The number of likely N-dealkylation sites (N-methyl/N-ethyl adjacent to an activating group) is 1. The minimum absolute atomic E-state index is 0.0670. The SMILES string of the molecule is CCOC(=O)/C=c1/s/c(=C\c2cccc(F)c2F)c(=O)n1CC(=O)N(CC)CC. The number of amides is 1. The van der Waals surface area contributed by atoms with Gasteiger partial charge < -0.3 is 9.64 Å². The second-order valence-electron chi connectivity index (χ2n) is 5.95. The number of esters is 1. The van der Waals surface area contributed by atoms with Crippen LogP contribution in [0.1, 0.15) is 26.3 Å². The van der Waals surface area contributed by atoms with E-state index in [0.29, 0.717) is 13.1 Å². The number of carbonyl (C=O) groups excluding carboxylic acids is 2. The summed E-state index contributed by atoms with van der Waals surface area (Å²) in [5.41, 5.74) is -0.678. The van der Waals surface area contributed by atoms with Crippen molar-refractivity contribution in [3.63, 3.8) is 0 Å². The first-order valence-corrected chi connectivity index (χ1v) is 9.95. The van der Waals surface area contributed by atoms with Gasteiger partial charge in [0, 0.05) is 18.7 Å². The van der Waals surface area contributed by atoms with E-state index < -0.39 is 23.2 Å². The highest BCUT2D eigenvalue weighted by molar-refractivity contribution is 7.07. The van der Waals surface area contributed by atoms with Crippen molar-refractivity contribution in [3.8, 4) is 0 Å². The van der Waals surface area contributed by atoms with Crippen molar-refractivity contribution in [2.24, 2.45) is 0 Å². The van der Waals surface area contributed by atoms with Crippen LogP contribution in [0.3, 0.4) is 0 Å². The molecule has 0 N–H and O–H groups in total. The van der Waals surface area contributed by atoms with Crippen LogP contribution in [-0.2, 0) is 20.9 Å². The van der Waals surface area contributed by atoms with Crippen LogP contribution in [0.4, 0.5) is 8.78 Å². The molecule has 0 fully saturated rings. The van der Waals surface area contributed by atoms with E-state index in [-0.39, 0.29) is 33.8 Å². The zero-order valence-electron chi connectivity index (χ0n) is 16.4. The molecule has 1 aromatic carbocycles. The van der Waals surface area contributed by atoms with E-state index in [0.717, 1.165) is 28.0 Å². The Morgan fingerprint density at radius 3 is 2.52 bits per heavy atom. The van der Waals surface area contributed by atoms with Gasteiger partial charge in [0.05, 0.1) is 17.2 Å². The van der Waals surface area contributed by atoms with E-state index in [2.05, 4.69) is 0 Å². The monoisotopic (exact) mass is 424 g/mol. The van der Waals surface area contributed by atoms with Crippen LogP contribution in [0.15, 0.2) is 23.0 Å². The molecule has 0 atom stereocenters. The molecule has 0 saturated heterocycles. The Hall–Kier alpha value is -2.81. The molecule has 2 rings (SSSR count). The molecule has 0 aliphatic heterocycles. The van der Waals surface area contributed by atoms with Crippen molar-refractivity contribution in [2.45, 2.75) is 27.3 Å². The van der Waals surface area contributed by atoms with Gasteiger partial charge in [-0.3, -0.25) is 14.2 Å². The fourth-order valence-electron chi connectivity index (χ4n) is 2.66. The summed E-state index contributed by atoms with van der Waals surface area (Å²) in [6.07, 6.45) is 2.32. The molecular weight excluding hydrogens is 402 g/mol. The van der Waals surface area contributed by atoms with Gasteiger partial charge in [0.2, 0.25) is 5.91 Å². The minimum atomic E-state index is -1.08. The molecule has 0 bridgehead atoms. The first kappa shape index (κ1) is 22.5. The van der Waals surface area contributed by atoms with Gasteiger partial charge in [-0.25, -0.2) is 13.6 Å². The zero-order valence-corrected chi connectivity index (χ0v) is 17.2. The molecule has 156 valence electrons. The summed E-state index contributed by atoms with van der Waals surface area (Å²) in [5.74, 6) is -3.08. The van der Waals surface area contributed by atoms with Crippen LogP contribution < -0.4 is 14.8 Å². The van der Waals surface area contributed by atoms with Gasteiger partial charge in [-0.15, -0.1) is 11.3 Å². The predicted octanol–water partition coefficient (Wildman–Crippen LogP) is 1.23. The Balaban J connectivity index is 2.64. The summed E-state index contributed by atoms with van der Waals surface area (Å²) in [7, 11) is 0. The standard InChI is InChI=1S/C20H22F2N2O4S/c1-4-23(5-2)16(25)12-24-17(11-18(26)28-6-3)29-15(20(24)27)10-13-8-7-9-14(21)19(13)22/h7-11H,4-6,12H2,1-3H3/b15-10-,17-11+. The van der Waals surface area contributed by atoms with E-state index >= 15 is 0 Å². The lowest BCUT2D eigenvalue weighted by molar-refractivity contribution is -0.135. The van der Waals surface area contributed by atoms with Crippen molar-refractivity contribution in [1.82, 2.24) is 9.47 Å². The highest BCUT2D eigenvalue weighted by Crippen LogP contribution is 2.11. The third-order valence-corrected chi connectivity index (χ3v) is 5.20. The van der Waals surface area contributed by atoms with Crippen LogP contribution >= 0.6 is 11.3 Å². The third-order valence-electron chi connectivity index (χ3n) is 4.14. The summed E-state index contributed by atoms with van der Waals surface area (Å²) in [5, 5.41) is 0. The second-order valence-corrected chi connectivity index (χ2v) is 7.01. The number of halogens is 2. The molecule has 0 unspecified atom stereocenters. The normalized spacial score (nSPS) is 12.3. The van der Waals surface area contributed by atoms with Gasteiger partial charge in [-0.2, -0.15) is 0 Å². The maximum absolute atomic E-state index is 14.0. The van der Waals surface area contributed by atoms with Crippen molar-refractivity contribution in [1.29, 1.82) is 0 Å². The Labute approximate surface area is 170 Å². The maximum Gasteiger partial charge on any atom is 0.333 e. The van der Waals surface area contributed by atoms with E-state index in [1.807, 2.05) is 13.8 Å². The molecule has 0 aliphatic carbocycles. The number of thiazole rings is 1. The number of aromatic nitrogens is 1. The van der Waals surface area contributed by atoms with Crippen LogP contribution in [-0.4, -0.2) is 41.0 Å². The van der Waals surface area contributed by atoms with Crippen LogP contribution in [0.2, 0.25) is 0 Å². The van der Waals surface area contributed by atoms with E-state index in [1.54, 1.807) is 11.8 Å². The van der Waals surface area contributed by atoms with E-state index in [1.165, 1.54) is 18.2 Å². The maximum atomic E-state index is 14.0. The van der Waals surface area contributed by atoms with Gasteiger partial charge in [-0.1, -0.05) is 12.1 Å². The van der Waals surface area contributed by atoms with Gasteiger partial charge in [0.25, 0.3) is 5.56 Å². The summed E-state index contributed by atoms with van der Waals surface area (Å²) in [6.45, 7) is 6.09. The van der Waals surface area contributed by atoms with Gasteiger partial charge in [-0.05, 0) is 32.9 Å². The van der Waals surface area contributed by atoms with Crippen LogP contribution in [0.25, 0.3) is 12.2 Å². The van der Waals surface area contributed by atoms with E-state index in [9.17, 15) is 23.2 Å². The first-order chi connectivity index (χ1) is 13.8. The average molecular weight is 424 g/mol. The molecule has 0 saturated carbocycles. The van der Waals surface area contributed by atoms with E-state index in [4.69, 9.17) is 4.74 Å². The molecule has 1 amide bonds. The largest absolute Gasteiger partial charge is 0.463 e. The van der Waals surface area contributed by atoms with Crippen molar-refractivity contribution >= 4 is 35.4 Å². The third kappa shape index (κ3) is 5.38. The van der Waals surface area contributed by atoms with Crippen molar-refractivity contribution in [3.05, 3.63) is 54.9 Å². The molecular formula is C20H22F2N2O4S. The lowest BCUT2D eigenvalue weighted by Gasteiger charge is -2.18. The Kier molecular flexibility index (Phi) is 7.83. The Bertz CT molecular complexity index is 1070. The summed E-state index contributed by atoms with van der Waals surface area (Å²) < 4.78 is 33.7. The Morgan fingerprint density at radius 1 is 1.21 bits per heavy atom. The second kappa shape index (κ2) is 10.1. The molecule has 1 heterocycles. The zero-order chi connectivity index (χ0) is 21.6. The number of benzene rings is 1. The van der Waals surface area contributed by atoms with Crippen LogP contribution in [0, 0.1) is 11.6 Å². The predicted molar refractivity (Wildman–Crippen MR) is 107 cm³/mol. The highest BCUT2D eigenvalue weighted by Gasteiger charge is 2.15. The Morgan fingerprint density at radius 2 is 1.90 bits per heavy atom. The number of nitrogens with zero attached hydrogens (tertiary/aromatic N) is 2. The van der Waals surface area contributed by atoms with Gasteiger partial charge in [0.15, 0.2) is 11.6 Å². The molecule has 0 spiro atoms. The van der Waals surface area contributed by atoms with Crippen LogP contribution in [0.5, 0.6) is 0 Å². The molecule has 1 aromatic heterocycles. The first-order valence-electron chi connectivity index (χ1n) is 9.13. The molecule has 2 aromatic rings. The lowest BCUT2D eigenvalue weighted by Crippen LogP contribution is -2.40. The summed E-state index contributed by atoms with van der Waals surface area (Å²) in [4.78, 5) is 38.7.